The van der Waals surface area contributed by atoms with Gasteiger partial charge in [-0.3, -0.25) is 14.5 Å². The number of aliphatic hydroxyl groups is 1. The molecule has 0 spiro atoms. The summed E-state index contributed by atoms with van der Waals surface area (Å²) in [6, 6.07) is 2.63. The average molecular weight is 595 g/mol. The van der Waals surface area contributed by atoms with E-state index in [0.29, 0.717) is 37.7 Å². The topological polar surface area (TPSA) is 144 Å². The van der Waals surface area contributed by atoms with Crippen LogP contribution in [0.4, 0.5) is 27.9 Å². The van der Waals surface area contributed by atoms with Crippen LogP contribution in [0.5, 0.6) is 0 Å². The number of carbonyl (C=O) groups is 3. The highest BCUT2D eigenvalue weighted by atomic mass is 16.6. The van der Waals surface area contributed by atoms with E-state index < -0.39 is 17.2 Å². The van der Waals surface area contributed by atoms with Crippen molar-refractivity contribution in [3.63, 3.8) is 0 Å². The smallest absolute Gasteiger partial charge is 0.410 e. The Hall–Kier alpha value is -4.00. The Morgan fingerprint density at radius 3 is 2.28 bits per heavy atom. The van der Waals surface area contributed by atoms with Crippen LogP contribution in [0.1, 0.15) is 59.1 Å². The van der Waals surface area contributed by atoms with Crippen LogP contribution >= 0.6 is 0 Å². The van der Waals surface area contributed by atoms with E-state index in [1.54, 1.807) is 25.2 Å². The van der Waals surface area contributed by atoms with Gasteiger partial charge in [0.15, 0.2) is 6.04 Å². The standard InChI is InChI=1S/C30H42N8O5/c1-19(39)38-22-18-32-27(34-24(22)30(42,20-9-7-8-10-20)25(38)26(40)35(5)6)33-23-12-11-21(17-31-23)36-13-15-37(16-14-36)28(41)43-29(2,3)4/h11-12,17-18,20,25,42H,7-10,13-16H2,1-6H3,(H,31,32,33,34). The number of hydrogen-bond donors (Lipinski definition) is 2. The first-order valence-electron chi connectivity index (χ1n) is 14.9. The summed E-state index contributed by atoms with van der Waals surface area (Å²) in [7, 11) is 3.24. The number of pyridine rings is 1. The summed E-state index contributed by atoms with van der Waals surface area (Å²) in [6.07, 6.45) is 6.29. The van der Waals surface area contributed by atoms with E-state index in [2.05, 4.69) is 20.2 Å². The molecule has 0 bridgehead atoms. The first kappa shape index (κ1) is 30.5. The molecule has 2 atom stereocenters. The summed E-state index contributed by atoms with van der Waals surface area (Å²) in [5.74, 6) is -0.226. The molecule has 13 heteroatoms. The van der Waals surface area contributed by atoms with Gasteiger partial charge >= 0.3 is 6.09 Å². The lowest BCUT2D eigenvalue weighted by Crippen LogP contribution is -2.58. The number of likely N-dealkylation sites (N-methyl/N-ethyl adjacent to an activating group) is 1. The zero-order valence-corrected chi connectivity index (χ0v) is 25.8. The average Bonchev–Trinajstić information content (AvgIpc) is 3.58. The molecule has 0 aromatic carbocycles. The molecule has 2 aliphatic heterocycles. The molecular weight excluding hydrogens is 552 g/mol. The Balaban J connectivity index is 1.34. The fourth-order valence-electron chi connectivity index (χ4n) is 6.28. The summed E-state index contributed by atoms with van der Waals surface area (Å²) in [5.41, 5.74) is -0.622. The number of piperazine rings is 1. The third-order valence-electron chi connectivity index (χ3n) is 8.36. The second-order valence-corrected chi connectivity index (χ2v) is 12.7. The Labute approximate surface area is 252 Å². The molecule has 1 aliphatic carbocycles. The molecular formula is C30H42N8O5. The van der Waals surface area contributed by atoms with Crippen molar-refractivity contribution in [1.82, 2.24) is 24.8 Å². The van der Waals surface area contributed by atoms with Gasteiger partial charge in [-0.15, -0.1) is 0 Å². The summed E-state index contributed by atoms with van der Waals surface area (Å²) in [6.45, 7) is 9.37. The Morgan fingerprint density at radius 2 is 1.72 bits per heavy atom. The van der Waals surface area contributed by atoms with Crippen LogP contribution in [0.3, 0.4) is 0 Å². The van der Waals surface area contributed by atoms with Gasteiger partial charge in [-0.05, 0) is 51.7 Å². The molecule has 5 rings (SSSR count). The molecule has 3 aliphatic rings. The largest absolute Gasteiger partial charge is 0.444 e. The van der Waals surface area contributed by atoms with Gasteiger partial charge in [0, 0.05) is 47.2 Å². The number of carbonyl (C=O) groups excluding carboxylic acids is 3. The van der Waals surface area contributed by atoms with Gasteiger partial charge in [0.1, 0.15) is 22.7 Å². The monoisotopic (exact) mass is 594 g/mol. The van der Waals surface area contributed by atoms with Gasteiger partial charge in [-0.2, -0.15) is 0 Å². The molecule has 232 valence electrons. The fraction of sp³-hybridized carbons (Fsp3) is 0.600. The third-order valence-corrected chi connectivity index (χ3v) is 8.36. The van der Waals surface area contributed by atoms with Crippen molar-refractivity contribution in [2.45, 2.75) is 70.6 Å². The predicted octanol–water partition coefficient (Wildman–Crippen LogP) is 2.87. The summed E-state index contributed by atoms with van der Waals surface area (Å²) < 4.78 is 5.49. The summed E-state index contributed by atoms with van der Waals surface area (Å²) in [5, 5.41) is 15.4. The van der Waals surface area contributed by atoms with E-state index >= 15 is 0 Å². The minimum Gasteiger partial charge on any atom is -0.444 e. The Morgan fingerprint density at radius 1 is 1.05 bits per heavy atom. The molecule has 3 amide bonds. The van der Waals surface area contributed by atoms with Crippen LogP contribution in [0.25, 0.3) is 0 Å². The van der Waals surface area contributed by atoms with Crippen molar-refractivity contribution in [2.24, 2.45) is 5.92 Å². The minimum atomic E-state index is -1.64. The second kappa shape index (κ2) is 11.6. The van der Waals surface area contributed by atoms with Crippen LogP contribution < -0.4 is 15.1 Å². The lowest BCUT2D eigenvalue weighted by Gasteiger charge is -2.38. The molecule has 1 saturated heterocycles. The van der Waals surface area contributed by atoms with Crippen LogP contribution in [-0.4, -0.2) is 99.7 Å². The number of ether oxygens (including phenoxy) is 1. The number of amides is 3. The maximum absolute atomic E-state index is 13.4. The highest BCUT2D eigenvalue weighted by molar-refractivity contribution is 6.03. The van der Waals surface area contributed by atoms with E-state index in [4.69, 9.17) is 9.72 Å². The Bertz CT molecular complexity index is 1360. The van der Waals surface area contributed by atoms with Gasteiger partial charge in [-0.25, -0.2) is 19.7 Å². The SMILES string of the molecule is CC(=O)N1c2cnc(Nc3ccc(N4CCN(C(=O)OC(C)(C)C)CC4)cn3)nc2C(O)(C2CCCC2)C1C(=O)N(C)C. The number of aromatic nitrogens is 3. The molecule has 2 aromatic heterocycles. The lowest BCUT2D eigenvalue weighted by molar-refractivity contribution is -0.142. The molecule has 43 heavy (non-hydrogen) atoms. The van der Waals surface area contributed by atoms with Crippen molar-refractivity contribution in [2.75, 3.05) is 55.4 Å². The molecule has 2 N–H and O–H groups in total. The van der Waals surface area contributed by atoms with Crippen LogP contribution in [0.15, 0.2) is 24.5 Å². The number of nitrogens with one attached hydrogen (secondary N) is 1. The lowest BCUT2D eigenvalue weighted by atomic mass is 9.78. The van der Waals surface area contributed by atoms with Crippen LogP contribution in [0, 0.1) is 5.92 Å². The van der Waals surface area contributed by atoms with E-state index in [0.717, 1.165) is 31.4 Å². The number of anilines is 4. The van der Waals surface area contributed by atoms with Gasteiger partial charge in [0.2, 0.25) is 17.8 Å². The highest BCUT2D eigenvalue weighted by Crippen LogP contribution is 2.52. The molecule has 4 heterocycles. The maximum Gasteiger partial charge on any atom is 0.410 e. The van der Waals surface area contributed by atoms with Crippen molar-refractivity contribution in [3.8, 4) is 0 Å². The number of rotatable bonds is 5. The molecule has 2 unspecified atom stereocenters. The van der Waals surface area contributed by atoms with Crippen molar-refractivity contribution in [3.05, 3.63) is 30.2 Å². The number of nitrogens with zero attached hydrogens (tertiary/aromatic N) is 7. The van der Waals surface area contributed by atoms with E-state index in [9.17, 15) is 19.5 Å². The minimum absolute atomic E-state index is 0.211. The molecule has 2 fully saturated rings. The zero-order chi connectivity index (χ0) is 31.1. The molecule has 2 aromatic rings. The number of fused-ring (bicyclic) bond motifs is 1. The van der Waals surface area contributed by atoms with Crippen molar-refractivity contribution >= 4 is 41.0 Å². The first-order valence-corrected chi connectivity index (χ1v) is 14.9. The van der Waals surface area contributed by atoms with E-state index in [-0.39, 0.29) is 35.5 Å². The predicted molar refractivity (Wildman–Crippen MR) is 161 cm³/mol. The normalized spacial score (nSPS) is 22.4. The fourth-order valence-corrected chi connectivity index (χ4v) is 6.28. The van der Waals surface area contributed by atoms with Crippen LogP contribution in [-0.2, 0) is 19.9 Å². The maximum atomic E-state index is 13.4. The first-order chi connectivity index (χ1) is 20.3. The van der Waals surface area contributed by atoms with E-state index in [1.807, 2.05) is 32.9 Å². The van der Waals surface area contributed by atoms with Gasteiger partial charge in [-0.1, -0.05) is 12.8 Å². The zero-order valence-electron chi connectivity index (χ0n) is 25.8. The quantitative estimate of drug-likeness (QED) is 0.530. The van der Waals surface area contributed by atoms with Crippen molar-refractivity contribution in [1.29, 1.82) is 0 Å². The van der Waals surface area contributed by atoms with Crippen molar-refractivity contribution < 1.29 is 24.2 Å². The molecule has 13 nitrogen and oxygen atoms in total. The highest BCUT2D eigenvalue weighted by Gasteiger charge is 2.60. The van der Waals surface area contributed by atoms with Crippen LogP contribution in [0.2, 0.25) is 0 Å². The summed E-state index contributed by atoms with van der Waals surface area (Å²) >= 11 is 0. The second-order valence-electron chi connectivity index (χ2n) is 12.7. The summed E-state index contributed by atoms with van der Waals surface area (Å²) in [4.78, 5) is 58.9. The van der Waals surface area contributed by atoms with E-state index in [1.165, 1.54) is 22.9 Å². The van der Waals surface area contributed by atoms with Gasteiger partial charge in [0.05, 0.1) is 23.8 Å². The molecule has 0 radical (unpaired) electrons. The number of hydrogen-bond acceptors (Lipinski definition) is 10. The van der Waals surface area contributed by atoms with Gasteiger partial charge < -0.3 is 29.9 Å². The van der Waals surface area contributed by atoms with Gasteiger partial charge in [0.25, 0.3) is 0 Å². The Kier molecular flexibility index (Phi) is 8.21. The molecule has 1 saturated carbocycles. The third kappa shape index (κ3) is 5.95.